The first-order valence-corrected chi connectivity index (χ1v) is 10.2. The fraction of sp³-hybridized carbons (Fsp3) is 0.333. The van der Waals surface area contributed by atoms with Gasteiger partial charge in [-0.2, -0.15) is 13.2 Å². The van der Waals surface area contributed by atoms with E-state index in [9.17, 15) is 18.0 Å². The number of benzene rings is 1. The molecule has 30 heavy (non-hydrogen) atoms. The molecule has 1 amide bonds. The van der Waals surface area contributed by atoms with Crippen LogP contribution in [0.25, 0.3) is 10.8 Å². The topological polar surface area (TPSA) is 59.0 Å². The number of hydrogen-bond donors (Lipinski definition) is 0. The summed E-state index contributed by atoms with van der Waals surface area (Å²) in [5.74, 6) is 0.350. The minimum atomic E-state index is -4.36. The highest BCUT2D eigenvalue weighted by atomic mass is 32.1. The standard InChI is InChI=1S/C21H19F3N4OS/c1-13-16(30-18(27-13)17-25-9-3-10-26-17)19(29)28-11-8-20(2,12-28)14-4-6-15(7-5-14)21(22,23)24/h3-7,9-10H,8,11-12H2,1-2H3. The van der Waals surface area contributed by atoms with Crippen LogP contribution in [0.15, 0.2) is 42.7 Å². The van der Waals surface area contributed by atoms with Gasteiger partial charge in [0.15, 0.2) is 10.8 Å². The second kappa shape index (κ2) is 7.46. The summed E-state index contributed by atoms with van der Waals surface area (Å²) < 4.78 is 38.5. The lowest BCUT2D eigenvalue weighted by Crippen LogP contribution is -2.32. The van der Waals surface area contributed by atoms with Gasteiger partial charge in [0, 0.05) is 30.9 Å². The zero-order chi connectivity index (χ0) is 21.5. The summed E-state index contributed by atoms with van der Waals surface area (Å²) in [6, 6.07) is 6.94. The fourth-order valence-corrected chi connectivity index (χ4v) is 4.66. The molecule has 3 aromatic rings. The summed E-state index contributed by atoms with van der Waals surface area (Å²) >= 11 is 1.26. The number of amides is 1. The van der Waals surface area contributed by atoms with Crippen LogP contribution in [0.4, 0.5) is 13.2 Å². The third-order valence-corrected chi connectivity index (χ3v) is 6.56. The predicted octanol–water partition coefficient (Wildman–Crippen LogP) is 4.73. The van der Waals surface area contributed by atoms with Gasteiger partial charge in [-0.1, -0.05) is 19.1 Å². The average Bonchev–Trinajstić information content (AvgIpc) is 3.32. The van der Waals surface area contributed by atoms with Crippen molar-refractivity contribution in [3.8, 4) is 10.8 Å². The lowest BCUT2D eigenvalue weighted by Gasteiger charge is -2.25. The van der Waals surface area contributed by atoms with E-state index in [-0.39, 0.29) is 5.91 Å². The molecule has 0 radical (unpaired) electrons. The minimum absolute atomic E-state index is 0.122. The minimum Gasteiger partial charge on any atom is -0.337 e. The molecule has 0 N–H and O–H groups in total. The van der Waals surface area contributed by atoms with Gasteiger partial charge >= 0.3 is 6.18 Å². The zero-order valence-electron chi connectivity index (χ0n) is 16.4. The van der Waals surface area contributed by atoms with Gasteiger partial charge in [-0.05, 0) is 37.1 Å². The number of aryl methyl sites for hydroxylation is 1. The molecule has 1 saturated heterocycles. The number of rotatable bonds is 3. The number of carbonyl (C=O) groups is 1. The van der Waals surface area contributed by atoms with E-state index >= 15 is 0 Å². The van der Waals surface area contributed by atoms with Gasteiger partial charge < -0.3 is 4.90 Å². The van der Waals surface area contributed by atoms with E-state index in [1.54, 1.807) is 30.3 Å². The summed E-state index contributed by atoms with van der Waals surface area (Å²) in [5, 5.41) is 0.584. The molecule has 0 aliphatic carbocycles. The Balaban J connectivity index is 1.53. The van der Waals surface area contributed by atoms with E-state index in [2.05, 4.69) is 15.0 Å². The number of thiazole rings is 1. The van der Waals surface area contributed by atoms with Crippen molar-refractivity contribution in [1.29, 1.82) is 0 Å². The largest absolute Gasteiger partial charge is 0.416 e. The Labute approximate surface area is 175 Å². The Kier molecular flexibility index (Phi) is 5.09. The molecule has 1 aromatic carbocycles. The summed E-state index contributed by atoms with van der Waals surface area (Å²) in [5.41, 5.74) is 0.349. The molecular weight excluding hydrogens is 413 g/mol. The molecule has 0 bridgehead atoms. The van der Waals surface area contributed by atoms with Gasteiger partial charge in [-0.15, -0.1) is 11.3 Å². The molecule has 4 rings (SSSR count). The second-order valence-corrected chi connectivity index (χ2v) is 8.62. The Bertz CT molecular complexity index is 1070. The fourth-order valence-electron chi connectivity index (χ4n) is 3.68. The highest BCUT2D eigenvalue weighted by Gasteiger charge is 2.39. The van der Waals surface area contributed by atoms with Crippen LogP contribution in [0.1, 0.15) is 39.8 Å². The predicted molar refractivity (Wildman–Crippen MR) is 107 cm³/mol. The number of alkyl halides is 3. The van der Waals surface area contributed by atoms with Crippen molar-refractivity contribution in [2.75, 3.05) is 13.1 Å². The average molecular weight is 432 g/mol. The van der Waals surface area contributed by atoms with Gasteiger partial charge in [0.25, 0.3) is 5.91 Å². The third-order valence-electron chi connectivity index (χ3n) is 5.42. The molecule has 0 spiro atoms. The summed E-state index contributed by atoms with van der Waals surface area (Å²) in [4.78, 5) is 28.2. The molecule has 156 valence electrons. The molecule has 0 saturated carbocycles. The maximum Gasteiger partial charge on any atom is 0.416 e. The monoisotopic (exact) mass is 432 g/mol. The van der Waals surface area contributed by atoms with Crippen LogP contribution in [0.5, 0.6) is 0 Å². The van der Waals surface area contributed by atoms with Crippen molar-refractivity contribution >= 4 is 17.2 Å². The number of likely N-dealkylation sites (tertiary alicyclic amines) is 1. The van der Waals surface area contributed by atoms with E-state index in [4.69, 9.17) is 0 Å². The van der Waals surface area contributed by atoms with E-state index in [1.807, 2.05) is 6.92 Å². The first-order chi connectivity index (χ1) is 14.2. The van der Waals surface area contributed by atoms with Crippen molar-refractivity contribution in [3.05, 3.63) is 64.4 Å². The van der Waals surface area contributed by atoms with Crippen LogP contribution in [0.2, 0.25) is 0 Å². The normalized spacial score (nSPS) is 19.3. The number of hydrogen-bond acceptors (Lipinski definition) is 5. The Morgan fingerprint density at radius 1 is 1.17 bits per heavy atom. The first-order valence-electron chi connectivity index (χ1n) is 9.39. The molecule has 1 atom stereocenters. The first kappa shape index (κ1) is 20.5. The Morgan fingerprint density at radius 3 is 2.47 bits per heavy atom. The number of carbonyl (C=O) groups excluding carboxylic acids is 1. The number of halogens is 3. The lowest BCUT2D eigenvalue weighted by atomic mass is 9.81. The Morgan fingerprint density at radius 2 is 1.83 bits per heavy atom. The number of aromatic nitrogens is 3. The van der Waals surface area contributed by atoms with Crippen molar-refractivity contribution in [3.63, 3.8) is 0 Å². The Hall–Kier alpha value is -2.81. The molecule has 3 heterocycles. The molecule has 1 aliphatic rings. The molecular formula is C21H19F3N4OS. The van der Waals surface area contributed by atoms with E-state index in [0.717, 1.165) is 17.7 Å². The van der Waals surface area contributed by atoms with Gasteiger partial charge in [0.05, 0.1) is 11.3 Å². The molecule has 1 aliphatic heterocycles. The van der Waals surface area contributed by atoms with Crippen LogP contribution in [-0.4, -0.2) is 38.8 Å². The van der Waals surface area contributed by atoms with E-state index < -0.39 is 17.2 Å². The lowest BCUT2D eigenvalue weighted by molar-refractivity contribution is -0.137. The van der Waals surface area contributed by atoms with Crippen molar-refractivity contribution in [1.82, 2.24) is 19.9 Å². The zero-order valence-corrected chi connectivity index (χ0v) is 17.2. The second-order valence-electron chi connectivity index (χ2n) is 7.62. The smallest absolute Gasteiger partial charge is 0.337 e. The molecule has 1 unspecified atom stereocenters. The summed E-state index contributed by atoms with van der Waals surface area (Å²) in [7, 11) is 0. The van der Waals surface area contributed by atoms with Crippen LogP contribution >= 0.6 is 11.3 Å². The molecule has 2 aromatic heterocycles. The number of nitrogens with zero attached hydrogens (tertiary/aromatic N) is 4. The SMILES string of the molecule is Cc1nc(-c2ncccn2)sc1C(=O)N1CCC(C)(c2ccc(C(F)(F)F)cc2)C1. The maximum absolute atomic E-state index is 13.1. The van der Waals surface area contributed by atoms with Crippen molar-refractivity contribution in [2.45, 2.75) is 31.9 Å². The summed E-state index contributed by atoms with van der Waals surface area (Å²) in [6.07, 6.45) is -0.440. The van der Waals surface area contributed by atoms with Gasteiger partial charge in [0.1, 0.15) is 4.88 Å². The van der Waals surface area contributed by atoms with Crippen molar-refractivity contribution < 1.29 is 18.0 Å². The quantitative estimate of drug-likeness (QED) is 0.600. The van der Waals surface area contributed by atoms with Crippen LogP contribution in [0, 0.1) is 6.92 Å². The van der Waals surface area contributed by atoms with Crippen LogP contribution < -0.4 is 0 Å². The van der Waals surface area contributed by atoms with Gasteiger partial charge in [-0.3, -0.25) is 4.79 Å². The van der Waals surface area contributed by atoms with Crippen molar-refractivity contribution in [2.24, 2.45) is 0 Å². The summed E-state index contributed by atoms with van der Waals surface area (Å²) in [6.45, 7) is 4.73. The van der Waals surface area contributed by atoms with E-state index in [1.165, 1.54) is 23.5 Å². The van der Waals surface area contributed by atoms with Crippen LogP contribution in [0.3, 0.4) is 0 Å². The van der Waals surface area contributed by atoms with Gasteiger partial charge in [-0.25, -0.2) is 15.0 Å². The molecule has 1 fully saturated rings. The maximum atomic E-state index is 13.1. The van der Waals surface area contributed by atoms with Gasteiger partial charge in [0.2, 0.25) is 0 Å². The highest BCUT2D eigenvalue weighted by molar-refractivity contribution is 7.17. The highest BCUT2D eigenvalue weighted by Crippen LogP contribution is 2.38. The molecule has 5 nitrogen and oxygen atoms in total. The van der Waals surface area contributed by atoms with Crippen LogP contribution in [-0.2, 0) is 11.6 Å². The third kappa shape index (κ3) is 3.81. The molecule has 9 heteroatoms. The van der Waals surface area contributed by atoms with E-state index in [0.29, 0.717) is 40.9 Å².